The predicted molar refractivity (Wildman–Crippen MR) is 71.6 cm³/mol. The Bertz CT molecular complexity index is 649. The average molecular weight is 318 g/mol. The molecule has 1 fully saturated rings. The SMILES string of the molecule is O=[N+]([O-])c1ccc(F)c(S(=O)(=O)N2CCCC(CO)C2)c1. The van der Waals surface area contributed by atoms with Gasteiger partial charge in [-0.15, -0.1) is 0 Å². The Labute approximate surface area is 121 Å². The zero-order valence-corrected chi connectivity index (χ0v) is 11.9. The second-order valence-corrected chi connectivity index (χ2v) is 6.83. The van der Waals surface area contributed by atoms with Crippen LogP contribution in [0.25, 0.3) is 0 Å². The third-order valence-electron chi connectivity index (χ3n) is 3.48. The number of sulfonamides is 1. The summed E-state index contributed by atoms with van der Waals surface area (Å²) in [4.78, 5) is 9.24. The lowest BCUT2D eigenvalue weighted by molar-refractivity contribution is -0.385. The molecule has 0 aromatic heterocycles. The fourth-order valence-corrected chi connectivity index (χ4v) is 3.98. The molecule has 0 spiro atoms. The Morgan fingerprint density at radius 1 is 1.48 bits per heavy atom. The Balaban J connectivity index is 2.39. The number of halogens is 1. The van der Waals surface area contributed by atoms with Crippen LogP contribution in [0.1, 0.15) is 12.8 Å². The quantitative estimate of drug-likeness (QED) is 0.662. The maximum atomic E-state index is 13.8. The molecule has 0 saturated carbocycles. The van der Waals surface area contributed by atoms with Gasteiger partial charge in [0, 0.05) is 31.8 Å². The highest BCUT2D eigenvalue weighted by molar-refractivity contribution is 7.89. The summed E-state index contributed by atoms with van der Waals surface area (Å²) in [6.45, 7) is 0.144. The van der Waals surface area contributed by atoms with Crippen molar-refractivity contribution in [3.63, 3.8) is 0 Å². The minimum atomic E-state index is -4.15. The van der Waals surface area contributed by atoms with Crippen molar-refractivity contribution in [2.45, 2.75) is 17.7 Å². The van der Waals surface area contributed by atoms with Gasteiger partial charge in [0.2, 0.25) is 10.0 Å². The number of piperidine rings is 1. The molecule has 1 unspecified atom stereocenters. The molecule has 0 radical (unpaired) electrons. The molecule has 0 amide bonds. The molecule has 1 saturated heterocycles. The lowest BCUT2D eigenvalue weighted by Crippen LogP contribution is -2.41. The summed E-state index contributed by atoms with van der Waals surface area (Å²) in [6, 6.07) is 2.42. The van der Waals surface area contributed by atoms with Crippen LogP contribution in [0.2, 0.25) is 0 Å². The molecule has 0 bridgehead atoms. The molecule has 116 valence electrons. The highest BCUT2D eigenvalue weighted by atomic mass is 32.2. The first-order valence-electron chi connectivity index (χ1n) is 6.41. The van der Waals surface area contributed by atoms with Crippen molar-refractivity contribution >= 4 is 15.7 Å². The lowest BCUT2D eigenvalue weighted by Gasteiger charge is -2.30. The van der Waals surface area contributed by atoms with Gasteiger partial charge in [-0.3, -0.25) is 10.1 Å². The van der Waals surface area contributed by atoms with Gasteiger partial charge in [-0.05, 0) is 24.8 Å². The molecule has 1 N–H and O–H groups in total. The van der Waals surface area contributed by atoms with Gasteiger partial charge in [-0.25, -0.2) is 12.8 Å². The Morgan fingerprint density at radius 3 is 2.81 bits per heavy atom. The smallest absolute Gasteiger partial charge is 0.270 e. The Morgan fingerprint density at radius 2 is 2.19 bits per heavy atom. The first kappa shape index (κ1) is 15.8. The third-order valence-corrected chi connectivity index (χ3v) is 5.36. The maximum Gasteiger partial charge on any atom is 0.270 e. The van der Waals surface area contributed by atoms with Crippen molar-refractivity contribution in [1.29, 1.82) is 0 Å². The summed E-state index contributed by atoms with van der Waals surface area (Å²) in [5, 5.41) is 19.8. The fraction of sp³-hybridized carbons (Fsp3) is 0.500. The molecule has 1 atom stereocenters. The molecule has 21 heavy (non-hydrogen) atoms. The van der Waals surface area contributed by atoms with E-state index in [4.69, 9.17) is 5.11 Å². The van der Waals surface area contributed by atoms with E-state index in [1.807, 2.05) is 0 Å². The molecular weight excluding hydrogens is 303 g/mol. The number of rotatable bonds is 4. The summed E-state index contributed by atoms with van der Waals surface area (Å²) in [6.07, 6.45) is 1.25. The van der Waals surface area contributed by atoms with Gasteiger partial charge in [0.1, 0.15) is 10.7 Å². The van der Waals surface area contributed by atoms with E-state index in [1.54, 1.807) is 0 Å². The van der Waals surface area contributed by atoms with Crippen molar-refractivity contribution in [3.05, 3.63) is 34.1 Å². The van der Waals surface area contributed by atoms with E-state index in [9.17, 15) is 22.9 Å². The first-order valence-corrected chi connectivity index (χ1v) is 7.85. The van der Waals surface area contributed by atoms with Crippen molar-refractivity contribution in [2.24, 2.45) is 5.92 Å². The second kappa shape index (κ2) is 6.04. The van der Waals surface area contributed by atoms with Gasteiger partial charge in [0.25, 0.3) is 5.69 Å². The van der Waals surface area contributed by atoms with Crippen LogP contribution >= 0.6 is 0 Å². The number of nitrogens with zero attached hydrogens (tertiary/aromatic N) is 2. The highest BCUT2D eigenvalue weighted by Gasteiger charge is 2.33. The van der Waals surface area contributed by atoms with Crippen LogP contribution in [0.5, 0.6) is 0 Å². The molecule has 0 aliphatic carbocycles. The van der Waals surface area contributed by atoms with E-state index in [1.165, 1.54) is 0 Å². The summed E-state index contributed by atoms with van der Waals surface area (Å²) in [5.41, 5.74) is -0.481. The monoisotopic (exact) mass is 318 g/mol. The second-order valence-electron chi connectivity index (χ2n) is 4.93. The summed E-state index contributed by atoms with van der Waals surface area (Å²) in [5.74, 6) is -1.22. The van der Waals surface area contributed by atoms with E-state index in [2.05, 4.69) is 0 Å². The van der Waals surface area contributed by atoms with Crippen LogP contribution in [-0.4, -0.2) is 42.4 Å². The van der Waals surface area contributed by atoms with Crippen LogP contribution in [0.15, 0.2) is 23.1 Å². The number of nitro groups is 1. The van der Waals surface area contributed by atoms with Crippen LogP contribution in [0, 0.1) is 21.8 Å². The van der Waals surface area contributed by atoms with E-state index >= 15 is 0 Å². The van der Waals surface area contributed by atoms with E-state index in [0.29, 0.717) is 12.8 Å². The number of nitro benzene ring substituents is 1. The fourth-order valence-electron chi connectivity index (χ4n) is 2.34. The number of non-ortho nitro benzene ring substituents is 1. The maximum absolute atomic E-state index is 13.8. The molecule has 7 nitrogen and oxygen atoms in total. The number of benzene rings is 1. The summed E-state index contributed by atoms with van der Waals surface area (Å²) in [7, 11) is -4.15. The molecule has 9 heteroatoms. The van der Waals surface area contributed by atoms with Gasteiger partial charge in [0.15, 0.2) is 0 Å². The standard InChI is InChI=1S/C12H15FN2O5S/c13-11-4-3-10(15(17)18)6-12(11)21(19,20)14-5-1-2-9(7-14)8-16/h3-4,6,9,16H,1-2,5,7-8H2. The molecule has 1 aliphatic heterocycles. The van der Waals surface area contributed by atoms with Crippen LogP contribution in [-0.2, 0) is 10.0 Å². The third kappa shape index (κ3) is 3.20. The first-order chi connectivity index (χ1) is 9.86. The van der Waals surface area contributed by atoms with Gasteiger partial charge in [-0.1, -0.05) is 0 Å². The van der Waals surface area contributed by atoms with E-state index in [0.717, 1.165) is 22.5 Å². The van der Waals surface area contributed by atoms with Crippen LogP contribution < -0.4 is 0 Å². The summed E-state index contributed by atoms with van der Waals surface area (Å²) >= 11 is 0. The van der Waals surface area contributed by atoms with Gasteiger partial charge in [0.05, 0.1) is 4.92 Å². The minimum Gasteiger partial charge on any atom is -0.396 e. The topological polar surface area (TPSA) is 101 Å². The molecule has 1 aromatic carbocycles. The van der Waals surface area contributed by atoms with Crippen molar-refractivity contribution < 1.29 is 22.8 Å². The van der Waals surface area contributed by atoms with Crippen LogP contribution in [0.4, 0.5) is 10.1 Å². The molecule has 1 heterocycles. The predicted octanol–water partition coefficient (Wildman–Crippen LogP) is 1.13. The summed E-state index contributed by atoms with van der Waals surface area (Å²) < 4.78 is 39.7. The number of hydrogen-bond donors (Lipinski definition) is 1. The Kier molecular flexibility index (Phi) is 4.55. The van der Waals surface area contributed by atoms with Crippen LogP contribution in [0.3, 0.4) is 0 Å². The van der Waals surface area contributed by atoms with Gasteiger partial charge < -0.3 is 5.11 Å². The molecule has 1 aromatic rings. The molecule has 2 rings (SSSR count). The normalized spacial score (nSPS) is 20.4. The molecular formula is C12H15FN2O5S. The van der Waals surface area contributed by atoms with Crippen molar-refractivity contribution in [2.75, 3.05) is 19.7 Å². The number of aliphatic hydroxyl groups excluding tert-OH is 1. The number of hydrogen-bond acceptors (Lipinski definition) is 5. The van der Waals surface area contributed by atoms with Crippen molar-refractivity contribution in [3.8, 4) is 0 Å². The minimum absolute atomic E-state index is 0.0843. The molecule has 1 aliphatic rings. The Hall–Kier alpha value is -1.58. The lowest BCUT2D eigenvalue weighted by atomic mass is 10.0. The highest BCUT2D eigenvalue weighted by Crippen LogP contribution is 2.27. The van der Waals surface area contributed by atoms with Gasteiger partial charge >= 0.3 is 0 Å². The van der Waals surface area contributed by atoms with E-state index < -0.39 is 31.3 Å². The van der Waals surface area contributed by atoms with E-state index in [-0.39, 0.29) is 25.6 Å². The number of aliphatic hydroxyl groups is 1. The largest absolute Gasteiger partial charge is 0.396 e. The van der Waals surface area contributed by atoms with Gasteiger partial charge in [-0.2, -0.15) is 4.31 Å². The van der Waals surface area contributed by atoms with Crippen molar-refractivity contribution in [1.82, 2.24) is 4.31 Å². The zero-order valence-electron chi connectivity index (χ0n) is 11.1. The zero-order chi connectivity index (χ0) is 15.6. The average Bonchev–Trinajstić information content (AvgIpc) is 2.47.